The summed E-state index contributed by atoms with van der Waals surface area (Å²) in [6.45, 7) is 0. The highest BCUT2D eigenvalue weighted by molar-refractivity contribution is 9.10. The lowest BCUT2D eigenvalue weighted by Crippen LogP contribution is -1.94. The maximum atomic E-state index is 3.78. The minimum atomic E-state index is 0.249. The van der Waals surface area contributed by atoms with Crippen LogP contribution < -0.4 is 0 Å². The fourth-order valence-corrected chi connectivity index (χ4v) is 3.44. The molecule has 0 aromatic heterocycles. The number of benzene rings is 2. The first kappa shape index (κ1) is 13.2. The summed E-state index contributed by atoms with van der Waals surface area (Å²) in [5.74, 6) is 0. The average molecular weight is 372 g/mol. The Hall–Kier alpha value is -0.250. The van der Waals surface area contributed by atoms with E-state index in [2.05, 4.69) is 86.6 Å². The number of halogens is 2. The van der Waals surface area contributed by atoms with E-state index in [1.807, 2.05) is 0 Å². The zero-order valence-electron chi connectivity index (χ0n) is 9.36. The molecule has 0 bridgehead atoms. The van der Waals surface area contributed by atoms with Crippen molar-refractivity contribution >= 4 is 43.6 Å². The standard InChI is InChI=1S/C14H12Br2S/c1-17-13-5-3-2-4-12(13)14(16)10-6-8-11(15)9-7-10/h2-9,14H,1H3. The van der Waals surface area contributed by atoms with Crippen LogP contribution in [0.5, 0.6) is 0 Å². The van der Waals surface area contributed by atoms with Gasteiger partial charge in [0.2, 0.25) is 0 Å². The quantitative estimate of drug-likeness (QED) is 0.495. The molecule has 0 nitrogen and oxygen atoms in total. The van der Waals surface area contributed by atoms with Gasteiger partial charge in [0.05, 0.1) is 4.83 Å². The Balaban J connectivity index is 2.36. The molecule has 0 aliphatic heterocycles. The lowest BCUT2D eigenvalue weighted by Gasteiger charge is -2.14. The van der Waals surface area contributed by atoms with E-state index < -0.39 is 0 Å². The zero-order chi connectivity index (χ0) is 12.3. The van der Waals surface area contributed by atoms with Gasteiger partial charge in [0, 0.05) is 9.37 Å². The van der Waals surface area contributed by atoms with Crippen LogP contribution in [0.4, 0.5) is 0 Å². The van der Waals surface area contributed by atoms with Gasteiger partial charge in [-0.1, -0.05) is 62.2 Å². The van der Waals surface area contributed by atoms with Crippen molar-refractivity contribution in [3.8, 4) is 0 Å². The second-order valence-corrected chi connectivity index (χ2v) is 6.34. The molecule has 2 rings (SSSR count). The van der Waals surface area contributed by atoms with Gasteiger partial charge in [-0.15, -0.1) is 11.8 Å². The Morgan fingerprint density at radius 2 is 1.65 bits per heavy atom. The molecule has 17 heavy (non-hydrogen) atoms. The van der Waals surface area contributed by atoms with E-state index in [1.165, 1.54) is 16.0 Å². The van der Waals surface area contributed by atoms with Crippen molar-refractivity contribution in [2.75, 3.05) is 6.26 Å². The third kappa shape index (κ3) is 3.15. The molecule has 2 aromatic rings. The highest BCUT2D eigenvalue weighted by Crippen LogP contribution is 2.36. The summed E-state index contributed by atoms with van der Waals surface area (Å²) >= 11 is 9.02. The van der Waals surface area contributed by atoms with Gasteiger partial charge >= 0.3 is 0 Å². The van der Waals surface area contributed by atoms with Gasteiger partial charge in [-0.05, 0) is 35.6 Å². The van der Waals surface area contributed by atoms with Crippen molar-refractivity contribution in [2.24, 2.45) is 0 Å². The largest absolute Gasteiger partial charge is 0.129 e. The zero-order valence-corrected chi connectivity index (χ0v) is 13.3. The molecule has 0 spiro atoms. The highest BCUT2D eigenvalue weighted by Gasteiger charge is 2.13. The first-order valence-corrected chi connectivity index (χ1v) is 8.18. The summed E-state index contributed by atoms with van der Waals surface area (Å²) in [5.41, 5.74) is 2.59. The second kappa shape index (κ2) is 6.07. The van der Waals surface area contributed by atoms with Crippen molar-refractivity contribution in [3.05, 3.63) is 64.1 Å². The average Bonchev–Trinajstić information content (AvgIpc) is 2.39. The fraction of sp³-hybridized carbons (Fsp3) is 0.143. The van der Waals surface area contributed by atoms with Crippen LogP contribution >= 0.6 is 43.6 Å². The summed E-state index contributed by atoms with van der Waals surface area (Å²) in [6.07, 6.45) is 2.11. The molecular formula is C14H12Br2S. The SMILES string of the molecule is CSc1ccccc1C(Br)c1ccc(Br)cc1. The molecule has 0 fully saturated rings. The Kier molecular flexibility index (Phi) is 4.71. The van der Waals surface area contributed by atoms with Crippen molar-refractivity contribution in [1.82, 2.24) is 0 Å². The van der Waals surface area contributed by atoms with E-state index in [9.17, 15) is 0 Å². The molecule has 88 valence electrons. The maximum absolute atomic E-state index is 3.78. The molecule has 1 atom stereocenters. The molecule has 0 saturated heterocycles. The topological polar surface area (TPSA) is 0 Å². The first-order valence-electron chi connectivity index (χ1n) is 5.25. The third-order valence-corrected chi connectivity index (χ3v) is 4.94. The van der Waals surface area contributed by atoms with Gasteiger partial charge in [-0.3, -0.25) is 0 Å². The second-order valence-electron chi connectivity index (χ2n) is 3.66. The van der Waals surface area contributed by atoms with Crippen molar-refractivity contribution in [3.63, 3.8) is 0 Å². The van der Waals surface area contributed by atoms with Crippen molar-refractivity contribution in [1.29, 1.82) is 0 Å². The molecule has 0 aliphatic carbocycles. The molecule has 0 saturated carbocycles. The normalized spacial score (nSPS) is 12.4. The van der Waals surface area contributed by atoms with E-state index in [0.717, 1.165) is 4.47 Å². The summed E-state index contributed by atoms with van der Waals surface area (Å²) in [6, 6.07) is 16.9. The molecular weight excluding hydrogens is 360 g/mol. The predicted molar refractivity (Wildman–Crippen MR) is 83.1 cm³/mol. The molecule has 0 aliphatic rings. The first-order chi connectivity index (χ1) is 8.22. The number of hydrogen-bond acceptors (Lipinski definition) is 1. The predicted octanol–water partition coefficient (Wildman–Crippen LogP) is 5.66. The van der Waals surface area contributed by atoms with Crippen molar-refractivity contribution in [2.45, 2.75) is 9.72 Å². The van der Waals surface area contributed by atoms with Crippen LogP contribution in [0, 0.1) is 0 Å². The van der Waals surface area contributed by atoms with E-state index >= 15 is 0 Å². The Bertz CT molecular complexity index is 494. The summed E-state index contributed by atoms with van der Waals surface area (Å²) < 4.78 is 1.11. The van der Waals surface area contributed by atoms with Crippen LogP contribution in [-0.2, 0) is 0 Å². The monoisotopic (exact) mass is 370 g/mol. The van der Waals surface area contributed by atoms with Crippen molar-refractivity contribution < 1.29 is 0 Å². The third-order valence-electron chi connectivity index (χ3n) is 2.57. The highest BCUT2D eigenvalue weighted by atomic mass is 79.9. The van der Waals surface area contributed by atoms with E-state index in [1.54, 1.807) is 11.8 Å². The lowest BCUT2D eigenvalue weighted by molar-refractivity contribution is 1.12. The van der Waals surface area contributed by atoms with E-state index in [-0.39, 0.29) is 4.83 Å². The smallest absolute Gasteiger partial charge is 0.0655 e. The summed E-state index contributed by atoms with van der Waals surface area (Å²) in [4.78, 5) is 1.57. The Morgan fingerprint density at radius 1 is 1.00 bits per heavy atom. The van der Waals surface area contributed by atoms with Gasteiger partial charge in [-0.25, -0.2) is 0 Å². The van der Waals surface area contributed by atoms with Crippen LogP contribution in [0.3, 0.4) is 0 Å². The fourth-order valence-electron chi connectivity index (χ4n) is 1.69. The molecule has 0 heterocycles. The van der Waals surface area contributed by atoms with Gasteiger partial charge in [0.25, 0.3) is 0 Å². The van der Waals surface area contributed by atoms with E-state index in [0.29, 0.717) is 0 Å². The summed E-state index contributed by atoms with van der Waals surface area (Å²) in [5, 5.41) is 0. The van der Waals surface area contributed by atoms with Crippen LogP contribution in [0.25, 0.3) is 0 Å². The van der Waals surface area contributed by atoms with Gasteiger partial charge in [0.15, 0.2) is 0 Å². The number of thioether (sulfide) groups is 1. The van der Waals surface area contributed by atoms with Gasteiger partial charge < -0.3 is 0 Å². The minimum Gasteiger partial charge on any atom is -0.129 e. The Labute approximate surface area is 123 Å². The van der Waals surface area contributed by atoms with Crippen LogP contribution in [0.2, 0.25) is 0 Å². The molecule has 1 unspecified atom stereocenters. The number of alkyl halides is 1. The van der Waals surface area contributed by atoms with Crippen LogP contribution in [0.15, 0.2) is 57.9 Å². The van der Waals surface area contributed by atoms with Crippen LogP contribution in [0.1, 0.15) is 16.0 Å². The molecule has 0 radical (unpaired) electrons. The molecule has 2 aromatic carbocycles. The molecule has 3 heteroatoms. The van der Waals surface area contributed by atoms with E-state index in [4.69, 9.17) is 0 Å². The lowest BCUT2D eigenvalue weighted by atomic mass is 10.1. The maximum Gasteiger partial charge on any atom is 0.0655 e. The van der Waals surface area contributed by atoms with Gasteiger partial charge in [-0.2, -0.15) is 0 Å². The number of rotatable bonds is 3. The Morgan fingerprint density at radius 3 is 2.29 bits per heavy atom. The number of hydrogen-bond donors (Lipinski definition) is 0. The van der Waals surface area contributed by atoms with Gasteiger partial charge in [0.1, 0.15) is 0 Å². The molecule has 0 N–H and O–H groups in total. The minimum absolute atomic E-state index is 0.249. The van der Waals surface area contributed by atoms with Crippen LogP contribution in [-0.4, -0.2) is 6.26 Å². The summed E-state index contributed by atoms with van der Waals surface area (Å²) in [7, 11) is 0. The molecule has 0 amide bonds.